The average molecular weight is 325 g/mol. The topological polar surface area (TPSA) is 29.3 Å². The number of hydrogen-bond acceptors (Lipinski definition) is 2. The Morgan fingerprint density at radius 3 is 1.62 bits per heavy atom. The normalized spacial score (nSPS) is 10.8. The molecule has 2 rings (SSSR count). The van der Waals surface area contributed by atoms with E-state index in [2.05, 4.69) is 55.1 Å². The maximum atomic E-state index is 5.74. The number of nitrogens with zero attached hydrogens (tertiary/aromatic N) is 1. The number of hydrogen-bond donors (Lipinski definition) is 1. The average Bonchev–Trinajstić information content (AvgIpc) is 2.62. The molecule has 0 saturated heterocycles. The lowest BCUT2D eigenvalue weighted by Gasteiger charge is -2.25. The molecule has 0 saturated carbocycles. The minimum Gasteiger partial charge on any atom is -0.399 e. The van der Waals surface area contributed by atoms with Crippen LogP contribution in [-0.2, 0) is 12.8 Å². The van der Waals surface area contributed by atoms with Crippen molar-refractivity contribution in [1.29, 1.82) is 0 Å². The second-order valence-electron chi connectivity index (χ2n) is 6.60. The van der Waals surface area contributed by atoms with E-state index in [9.17, 15) is 0 Å². The molecule has 0 atom stereocenters. The van der Waals surface area contributed by atoms with Crippen LogP contribution in [0.25, 0.3) is 0 Å². The van der Waals surface area contributed by atoms with Gasteiger partial charge < -0.3 is 10.6 Å². The summed E-state index contributed by atoms with van der Waals surface area (Å²) in [7, 11) is 0. The first kappa shape index (κ1) is 18.4. The van der Waals surface area contributed by atoms with Gasteiger partial charge in [0.2, 0.25) is 0 Å². The van der Waals surface area contributed by atoms with Crippen molar-refractivity contribution < 1.29 is 0 Å². The van der Waals surface area contributed by atoms with Crippen LogP contribution in [0.3, 0.4) is 0 Å². The molecule has 0 aliphatic carbocycles. The van der Waals surface area contributed by atoms with E-state index in [-0.39, 0.29) is 0 Å². The van der Waals surface area contributed by atoms with Gasteiger partial charge in [0.15, 0.2) is 0 Å². The van der Waals surface area contributed by atoms with E-state index < -0.39 is 0 Å². The Morgan fingerprint density at radius 1 is 0.708 bits per heavy atom. The quantitative estimate of drug-likeness (QED) is 0.588. The highest BCUT2D eigenvalue weighted by molar-refractivity contribution is 5.47. The molecule has 2 aromatic carbocycles. The third-order valence-electron chi connectivity index (χ3n) is 4.55. The fraction of sp³-hybridized carbons (Fsp3) is 0.455. The van der Waals surface area contributed by atoms with Crippen molar-refractivity contribution in [1.82, 2.24) is 0 Å². The second kappa shape index (κ2) is 10.0. The maximum Gasteiger partial charge on any atom is 0.0366 e. The Bertz CT molecular complexity index is 564. The fourth-order valence-corrected chi connectivity index (χ4v) is 2.91. The van der Waals surface area contributed by atoms with Crippen molar-refractivity contribution >= 4 is 11.4 Å². The van der Waals surface area contributed by atoms with Crippen LogP contribution in [0, 0.1) is 0 Å². The van der Waals surface area contributed by atoms with Crippen molar-refractivity contribution in [2.45, 2.75) is 52.4 Å². The Kier molecular flexibility index (Phi) is 7.67. The molecular weight excluding hydrogens is 292 g/mol. The van der Waals surface area contributed by atoms with Gasteiger partial charge in [-0.25, -0.2) is 0 Å². The third-order valence-corrected chi connectivity index (χ3v) is 4.55. The first-order chi connectivity index (χ1) is 11.7. The number of aryl methyl sites for hydroxylation is 2. The lowest BCUT2D eigenvalue weighted by Crippen LogP contribution is -2.25. The molecule has 0 radical (unpaired) electrons. The summed E-state index contributed by atoms with van der Waals surface area (Å²) < 4.78 is 0. The Morgan fingerprint density at radius 2 is 1.17 bits per heavy atom. The number of anilines is 2. The summed E-state index contributed by atoms with van der Waals surface area (Å²) >= 11 is 0. The van der Waals surface area contributed by atoms with Gasteiger partial charge in [-0.15, -0.1) is 0 Å². The number of nitrogen functional groups attached to an aromatic ring is 1. The van der Waals surface area contributed by atoms with E-state index in [0.717, 1.165) is 18.5 Å². The number of rotatable bonds is 10. The van der Waals surface area contributed by atoms with Gasteiger partial charge in [0, 0.05) is 24.5 Å². The predicted molar refractivity (Wildman–Crippen MR) is 107 cm³/mol. The van der Waals surface area contributed by atoms with Crippen LogP contribution >= 0.6 is 0 Å². The van der Waals surface area contributed by atoms with E-state index in [4.69, 9.17) is 5.73 Å². The highest BCUT2D eigenvalue weighted by Gasteiger charge is 2.05. The predicted octanol–water partition coefficient (Wildman–Crippen LogP) is 5.46. The lowest BCUT2D eigenvalue weighted by atomic mass is 10.0. The molecule has 0 aliphatic heterocycles. The molecule has 0 amide bonds. The monoisotopic (exact) mass is 324 g/mol. The van der Waals surface area contributed by atoms with Crippen LogP contribution in [0.15, 0.2) is 48.5 Å². The van der Waals surface area contributed by atoms with Gasteiger partial charge in [0.25, 0.3) is 0 Å². The minimum atomic E-state index is 0.836. The van der Waals surface area contributed by atoms with Crippen LogP contribution in [0.4, 0.5) is 11.4 Å². The fourth-order valence-electron chi connectivity index (χ4n) is 2.91. The van der Waals surface area contributed by atoms with Gasteiger partial charge in [-0.05, 0) is 61.1 Å². The van der Waals surface area contributed by atoms with Crippen molar-refractivity contribution in [3.05, 3.63) is 59.7 Å². The first-order valence-corrected chi connectivity index (χ1v) is 9.41. The number of unbranched alkanes of at least 4 members (excludes halogenated alkanes) is 2. The zero-order valence-electron chi connectivity index (χ0n) is 15.3. The minimum absolute atomic E-state index is 0.836. The summed E-state index contributed by atoms with van der Waals surface area (Å²) in [4.78, 5) is 2.54. The van der Waals surface area contributed by atoms with Gasteiger partial charge in [0.1, 0.15) is 0 Å². The third kappa shape index (κ3) is 5.92. The standard InChI is InChI=1S/C22H32N2/c1-3-5-17-24(18-6-4-2)22-15-11-20(12-16-22)8-7-19-9-13-21(23)14-10-19/h9-16H,3-8,17-18,23H2,1-2H3. The van der Waals surface area contributed by atoms with E-state index in [1.54, 1.807) is 0 Å². The molecular formula is C22H32N2. The van der Waals surface area contributed by atoms with Gasteiger partial charge in [0.05, 0.1) is 0 Å². The van der Waals surface area contributed by atoms with Crippen molar-refractivity contribution in [2.24, 2.45) is 0 Å². The maximum absolute atomic E-state index is 5.74. The molecule has 0 fully saturated rings. The zero-order chi connectivity index (χ0) is 17.2. The SMILES string of the molecule is CCCCN(CCCC)c1ccc(CCc2ccc(N)cc2)cc1. The Hall–Kier alpha value is -1.96. The molecule has 0 bridgehead atoms. The van der Waals surface area contributed by atoms with Gasteiger partial charge in [-0.1, -0.05) is 51.0 Å². The van der Waals surface area contributed by atoms with E-state index in [1.165, 1.54) is 55.6 Å². The summed E-state index contributed by atoms with van der Waals surface area (Å²) in [5.41, 5.74) is 10.7. The molecule has 0 aromatic heterocycles. The van der Waals surface area contributed by atoms with Crippen LogP contribution in [0.1, 0.15) is 50.7 Å². The van der Waals surface area contributed by atoms with Gasteiger partial charge in [-0.3, -0.25) is 0 Å². The molecule has 0 spiro atoms. The molecule has 0 aliphatic rings. The summed E-state index contributed by atoms with van der Waals surface area (Å²) in [5.74, 6) is 0. The van der Waals surface area contributed by atoms with E-state index >= 15 is 0 Å². The van der Waals surface area contributed by atoms with Gasteiger partial charge in [-0.2, -0.15) is 0 Å². The van der Waals surface area contributed by atoms with Crippen LogP contribution in [-0.4, -0.2) is 13.1 Å². The van der Waals surface area contributed by atoms with Crippen molar-refractivity contribution in [3.63, 3.8) is 0 Å². The molecule has 2 nitrogen and oxygen atoms in total. The summed E-state index contributed by atoms with van der Waals surface area (Å²) in [6, 6.07) is 17.4. The molecule has 2 heteroatoms. The lowest BCUT2D eigenvalue weighted by molar-refractivity contribution is 0.678. The molecule has 2 aromatic rings. The first-order valence-electron chi connectivity index (χ1n) is 9.41. The molecule has 2 N–H and O–H groups in total. The van der Waals surface area contributed by atoms with Gasteiger partial charge >= 0.3 is 0 Å². The largest absolute Gasteiger partial charge is 0.399 e. The smallest absolute Gasteiger partial charge is 0.0366 e. The summed E-state index contributed by atoms with van der Waals surface area (Å²) in [5, 5.41) is 0. The van der Waals surface area contributed by atoms with Crippen molar-refractivity contribution in [2.75, 3.05) is 23.7 Å². The molecule has 0 heterocycles. The second-order valence-corrected chi connectivity index (χ2v) is 6.60. The summed E-state index contributed by atoms with van der Waals surface area (Å²) in [6.07, 6.45) is 7.18. The van der Waals surface area contributed by atoms with E-state index in [1.807, 2.05) is 12.1 Å². The molecule has 0 unspecified atom stereocenters. The molecule has 130 valence electrons. The van der Waals surface area contributed by atoms with Crippen LogP contribution in [0.5, 0.6) is 0 Å². The van der Waals surface area contributed by atoms with Crippen molar-refractivity contribution in [3.8, 4) is 0 Å². The number of benzene rings is 2. The Labute approximate surface area is 147 Å². The Balaban J connectivity index is 1.93. The highest BCUT2D eigenvalue weighted by Crippen LogP contribution is 2.18. The zero-order valence-corrected chi connectivity index (χ0v) is 15.3. The highest BCUT2D eigenvalue weighted by atomic mass is 15.1. The number of nitrogens with two attached hydrogens (primary N) is 1. The van der Waals surface area contributed by atoms with E-state index in [0.29, 0.717) is 0 Å². The molecule has 24 heavy (non-hydrogen) atoms. The van der Waals surface area contributed by atoms with Crippen LogP contribution < -0.4 is 10.6 Å². The van der Waals surface area contributed by atoms with Crippen LogP contribution in [0.2, 0.25) is 0 Å². The summed E-state index contributed by atoms with van der Waals surface area (Å²) in [6.45, 7) is 6.86.